The van der Waals surface area contributed by atoms with Gasteiger partial charge in [-0.2, -0.15) is 0 Å². The molecule has 0 fully saturated rings. The first kappa shape index (κ1) is 13.1. The minimum Gasteiger partial charge on any atom is -0.379 e. The van der Waals surface area contributed by atoms with E-state index in [1.165, 1.54) is 11.8 Å². The Morgan fingerprint density at radius 3 is 2.89 bits per heavy atom. The van der Waals surface area contributed by atoms with E-state index in [0.29, 0.717) is 6.54 Å². The van der Waals surface area contributed by atoms with Gasteiger partial charge in [-0.1, -0.05) is 13.0 Å². The van der Waals surface area contributed by atoms with Gasteiger partial charge in [0.15, 0.2) is 0 Å². The highest BCUT2D eigenvalue weighted by Crippen LogP contribution is 2.17. The number of nitro benzene ring substituents is 1. The molecular formula is C14H17N3O2. The standard InChI is InChI=1S/C14H17N3O2/c1-2-8-16-9-4-7-14(16)11-15-12-5-3-6-13(10-12)17(18)19/h3-7,9-10,15H,2,8,11H2,1H3. The summed E-state index contributed by atoms with van der Waals surface area (Å²) in [5, 5.41) is 13.9. The van der Waals surface area contributed by atoms with Gasteiger partial charge >= 0.3 is 0 Å². The molecule has 0 atom stereocenters. The predicted octanol–water partition coefficient (Wildman–Crippen LogP) is 3.42. The highest BCUT2D eigenvalue weighted by molar-refractivity contribution is 5.51. The topological polar surface area (TPSA) is 60.1 Å². The number of aryl methyl sites for hydroxylation is 1. The Morgan fingerprint density at radius 2 is 2.16 bits per heavy atom. The van der Waals surface area contributed by atoms with Crippen LogP contribution in [0.25, 0.3) is 0 Å². The highest BCUT2D eigenvalue weighted by atomic mass is 16.6. The molecule has 1 aromatic heterocycles. The minimum atomic E-state index is -0.384. The van der Waals surface area contributed by atoms with Crippen LogP contribution in [0.2, 0.25) is 0 Å². The molecule has 2 aromatic rings. The van der Waals surface area contributed by atoms with E-state index in [0.717, 1.165) is 18.7 Å². The third kappa shape index (κ3) is 3.34. The van der Waals surface area contributed by atoms with Gasteiger partial charge in [0, 0.05) is 36.3 Å². The van der Waals surface area contributed by atoms with Crippen molar-refractivity contribution in [3.8, 4) is 0 Å². The number of nitro groups is 1. The van der Waals surface area contributed by atoms with Crippen LogP contribution >= 0.6 is 0 Å². The van der Waals surface area contributed by atoms with Crippen LogP contribution in [0.3, 0.4) is 0 Å². The van der Waals surface area contributed by atoms with Crippen molar-refractivity contribution in [1.29, 1.82) is 0 Å². The molecule has 0 spiro atoms. The maximum Gasteiger partial charge on any atom is 0.271 e. The Balaban J connectivity index is 2.04. The number of aromatic nitrogens is 1. The van der Waals surface area contributed by atoms with Gasteiger partial charge in [-0.05, 0) is 24.6 Å². The second-order valence-corrected chi connectivity index (χ2v) is 4.35. The lowest BCUT2D eigenvalue weighted by molar-refractivity contribution is -0.384. The molecule has 0 unspecified atom stereocenters. The molecule has 100 valence electrons. The summed E-state index contributed by atoms with van der Waals surface area (Å²) >= 11 is 0. The van der Waals surface area contributed by atoms with E-state index in [2.05, 4.69) is 22.9 Å². The van der Waals surface area contributed by atoms with Gasteiger partial charge < -0.3 is 9.88 Å². The molecule has 5 heteroatoms. The van der Waals surface area contributed by atoms with Crippen LogP contribution in [0.15, 0.2) is 42.6 Å². The molecule has 19 heavy (non-hydrogen) atoms. The van der Waals surface area contributed by atoms with Crippen LogP contribution in [0.1, 0.15) is 19.0 Å². The zero-order valence-corrected chi connectivity index (χ0v) is 10.9. The largest absolute Gasteiger partial charge is 0.379 e. The van der Waals surface area contributed by atoms with E-state index in [4.69, 9.17) is 0 Å². The van der Waals surface area contributed by atoms with Gasteiger partial charge in [0.05, 0.1) is 11.5 Å². The summed E-state index contributed by atoms with van der Waals surface area (Å²) in [5.74, 6) is 0. The van der Waals surface area contributed by atoms with Crippen LogP contribution < -0.4 is 5.32 Å². The third-order valence-corrected chi connectivity index (χ3v) is 2.92. The lowest BCUT2D eigenvalue weighted by atomic mass is 10.2. The summed E-state index contributed by atoms with van der Waals surface area (Å²) < 4.78 is 2.18. The Hall–Kier alpha value is -2.30. The second-order valence-electron chi connectivity index (χ2n) is 4.35. The van der Waals surface area contributed by atoms with Crippen LogP contribution in [0.4, 0.5) is 11.4 Å². The van der Waals surface area contributed by atoms with Crippen molar-refractivity contribution < 1.29 is 4.92 Å². The summed E-state index contributed by atoms with van der Waals surface area (Å²) in [6.07, 6.45) is 3.13. The fourth-order valence-electron chi connectivity index (χ4n) is 1.99. The molecule has 0 aliphatic heterocycles. The number of hydrogen-bond donors (Lipinski definition) is 1. The molecule has 0 amide bonds. The molecule has 0 radical (unpaired) electrons. The SMILES string of the molecule is CCCn1cccc1CNc1cccc([N+](=O)[O-])c1. The number of anilines is 1. The highest BCUT2D eigenvalue weighted by Gasteiger charge is 2.06. The number of nitrogens with zero attached hydrogens (tertiary/aromatic N) is 2. The minimum absolute atomic E-state index is 0.106. The van der Waals surface area contributed by atoms with Crippen molar-refractivity contribution in [3.63, 3.8) is 0 Å². The van der Waals surface area contributed by atoms with Crippen LogP contribution in [0.5, 0.6) is 0 Å². The van der Waals surface area contributed by atoms with Crippen LogP contribution in [-0.4, -0.2) is 9.49 Å². The van der Waals surface area contributed by atoms with E-state index in [9.17, 15) is 10.1 Å². The lowest BCUT2D eigenvalue weighted by Crippen LogP contribution is -2.07. The van der Waals surface area contributed by atoms with Crippen molar-refractivity contribution in [3.05, 3.63) is 58.4 Å². The van der Waals surface area contributed by atoms with Crippen LogP contribution in [0, 0.1) is 10.1 Å². The van der Waals surface area contributed by atoms with E-state index in [-0.39, 0.29) is 10.6 Å². The number of benzene rings is 1. The van der Waals surface area contributed by atoms with Crippen molar-refractivity contribution in [1.82, 2.24) is 4.57 Å². The Bertz CT molecular complexity index is 563. The summed E-state index contributed by atoms with van der Waals surface area (Å²) in [5.41, 5.74) is 2.04. The molecule has 0 aliphatic carbocycles. The predicted molar refractivity (Wildman–Crippen MR) is 75.1 cm³/mol. The Morgan fingerprint density at radius 1 is 1.32 bits per heavy atom. The van der Waals surface area contributed by atoms with E-state index >= 15 is 0 Å². The average molecular weight is 259 g/mol. The normalized spacial score (nSPS) is 10.4. The van der Waals surface area contributed by atoms with Crippen molar-refractivity contribution in [2.45, 2.75) is 26.4 Å². The quantitative estimate of drug-likeness (QED) is 0.638. The van der Waals surface area contributed by atoms with E-state index < -0.39 is 0 Å². The summed E-state index contributed by atoms with van der Waals surface area (Å²) in [6.45, 7) is 3.78. The molecule has 0 bridgehead atoms. The zero-order chi connectivity index (χ0) is 13.7. The van der Waals surface area contributed by atoms with Crippen molar-refractivity contribution in [2.75, 3.05) is 5.32 Å². The van der Waals surface area contributed by atoms with Gasteiger partial charge in [-0.15, -0.1) is 0 Å². The van der Waals surface area contributed by atoms with Crippen molar-refractivity contribution in [2.24, 2.45) is 0 Å². The second kappa shape index (κ2) is 6.04. The molecular weight excluding hydrogens is 242 g/mol. The Labute approximate surface area is 112 Å². The van der Waals surface area contributed by atoms with Crippen molar-refractivity contribution >= 4 is 11.4 Å². The fraction of sp³-hybridized carbons (Fsp3) is 0.286. The molecule has 5 nitrogen and oxygen atoms in total. The number of non-ortho nitro benzene ring substituents is 1. The van der Waals surface area contributed by atoms with Gasteiger partial charge in [0.1, 0.15) is 0 Å². The first-order valence-electron chi connectivity index (χ1n) is 6.33. The summed E-state index contributed by atoms with van der Waals surface area (Å²) in [7, 11) is 0. The summed E-state index contributed by atoms with van der Waals surface area (Å²) in [4.78, 5) is 10.3. The lowest BCUT2D eigenvalue weighted by Gasteiger charge is -2.10. The van der Waals surface area contributed by atoms with E-state index in [1.54, 1.807) is 12.1 Å². The average Bonchev–Trinajstić information content (AvgIpc) is 2.85. The van der Waals surface area contributed by atoms with Gasteiger partial charge in [-0.25, -0.2) is 0 Å². The molecule has 0 saturated heterocycles. The zero-order valence-electron chi connectivity index (χ0n) is 10.9. The fourth-order valence-corrected chi connectivity index (χ4v) is 1.99. The molecule has 0 aliphatic rings. The molecule has 0 saturated carbocycles. The number of rotatable bonds is 6. The molecule has 1 aromatic carbocycles. The van der Waals surface area contributed by atoms with E-state index in [1.807, 2.05) is 18.3 Å². The molecule has 1 N–H and O–H groups in total. The Kier molecular flexibility index (Phi) is 4.18. The number of nitrogens with one attached hydrogen (secondary N) is 1. The smallest absolute Gasteiger partial charge is 0.271 e. The van der Waals surface area contributed by atoms with Gasteiger partial charge in [-0.3, -0.25) is 10.1 Å². The number of hydrogen-bond acceptors (Lipinski definition) is 3. The molecule has 1 heterocycles. The first-order chi connectivity index (χ1) is 9.20. The monoisotopic (exact) mass is 259 g/mol. The molecule has 2 rings (SSSR count). The summed E-state index contributed by atoms with van der Waals surface area (Å²) in [6, 6.07) is 10.6. The maximum atomic E-state index is 10.7. The van der Waals surface area contributed by atoms with Gasteiger partial charge in [0.25, 0.3) is 5.69 Å². The maximum absolute atomic E-state index is 10.7. The van der Waals surface area contributed by atoms with Crippen LogP contribution in [-0.2, 0) is 13.1 Å². The first-order valence-corrected chi connectivity index (χ1v) is 6.33. The van der Waals surface area contributed by atoms with Gasteiger partial charge in [0.2, 0.25) is 0 Å². The third-order valence-electron chi connectivity index (χ3n) is 2.92.